The van der Waals surface area contributed by atoms with Crippen LogP contribution in [0.5, 0.6) is 0 Å². The van der Waals surface area contributed by atoms with Crippen LogP contribution >= 0.6 is 0 Å². The van der Waals surface area contributed by atoms with Crippen LogP contribution in [0, 0.1) is 25.7 Å². The van der Waals surface area contributed by atoms with Gasteiger partial charge in [0.25, 0.3) is 0 Å². The summed E-state index contributed by atoms with van der Waals surface area (Å²) in [5.41, 5.74) is 2.54. The Balaban J connectivity index is 1.53. The van der Waals surface area contributed by atoms with Crippen LogP contribution in [0.4, 0.5) is 5.69 Å². The van der Waals surface area contributed by atoms with Crippen LogP contribution in [0.15, 0.2) is 33.7 Å². The average Bonchev–Trinajstić information content (AvgIpc) is 3.10. The van der Waals surface area contributed by atoms with E-state index in [4.69, 9.17) is 4.52 Å². The molecule has 170 valence electrons. The highest BCUT2D eigenvalue weighted by Gasteiger charge is 2.36. The van der Waals surface area contributed by atoms with Crippen LogP contribution < -0.4 is 10.2 Å². The molecule has 0 spiro atoms. The van der Waals surface area contributed by atoms with Gasteiger partial charge in [-0.1, -0.05) is 24.2 Å². The molecule has 1 N–H and O–H groups in total. The molecule has 1 atom stereocenters. The minimum Gasteiger partial charge on any atom is -0.378 e. The zero-order valence-electron chi connectivity index (χ0n) is 18.9. The Morgan fingerprint density at radius 1 is 1.23 bits per heavy atom. The number of aromatic nitrogens is 1. The largest absolute Gasteiger partial charge is 0.378 e. The quantitative estimate of drug-likeness (QED) is 0.700. The number of amides is 1. The van der Waals surface area contributed by atoms with E-state index in [0.717, 1.165) is 11.3 Å². The maximum absolute atomic E-state index is 13.0. The van der Waals surface area contributed by atoms with Crippen molar-refractivity contribution in [2.45, 2.75) is 45.1 Å². The van der Waals surface area contributed by atoms with E-state index in [1.807, 2.05) is 50.2 Å². The van der Waals surface area contributed by atoms with Crippen LogP contribution in [0.25, 0.3) is 0 Å². The second kappa shape index (κ2) is 9.40. The van der Waals surface area contributed by atoms with Gasteiger partial charge in [-0.25, -0.2) is 8.42 Å². The molecule has 0 unspecified atom stereocenters. The summed E-state index contributed by atoms with van der Waals surface area (Å²) in [6, 6.07) is 8.08. The molecule has 31 heavy (non-hydrogen) atoms. The third kappa shape index (κ3) is 5.10. The fraction of sp³-hybridized carbons (Fsp3) is 0.545. The van der Waals surface area contributed by atoms with Crippen LogP contribution in [-0.2, 0) is 21.4 Å². The van der Waals surface area contributed by atoms with Gasteiger partial charge in [-0.05, 0) is 50.3 Å². The molecule has 0 aliphatic carbocycles. The molecule has 2 aromatic rings. The summed E-state index contributed by atoms with van der Waals surface area (Å²) in [5, 5.41) is 6.78. The van der Waals surface area contributed by atoms with E-state index in [2.05, 4.69) is 10.5 Å². The van der Waals surface area contributed by atoms with Crippen LogP contribution in [-0.4, -0.2) is 51.0 Å². The Morgan fingerprint density at radius 3 is 2.35 bits per heavy atom. The summed E-state index contributed by atoms with van der Waals surface area (Å²) in [6.07, 6.45) is 1.30. The minimum atomic E-state index is -3.63. The molecule has 0 radical (unpaired) electrons. The summed E-state index contributed by atoms with van der Waals surface area (Å²) in [5.74, 6) is 0.284. The smallest absolute Gasteiger partial charge is 0.248 e. The average molecular weight is 449 g/mol. The third-order valence-electron chi connectivity index (χ3n) is 6.10. The number of aryl methyl sites for hydroxylation is 2. The first kappa shape index (κ1) is 23.3. The third-order valence-corrected chi connectivity index (χ3v) is 8.25. The van der Waals surface area contributed by atoms with Crippen molar-refractivity contribution in [2.75, 3.05) is 32.1 Å². The number of piperidine rings is 1. The van der Waals surface area contributed by atoms with Gasteiger partial charge in [0, 0.05) is 45.3 Å². The minimum absolute atomic E-state index is 0.00344. The van der Waals surface area contributed by atoms with Gasteiger partial charge >= 0.3 is 0 Å². The van der Waals surface area contributed by atoms with Gasteiger partial charge in [-0.2, -0.15) is 4.31 Å². The van der Waals surface area contributed by atoms with Gasteiger partial charge in [0.2, 0.25) is 15.9 Å². The normalized spacial score (nSPS) is 16.8. The number of nitrogens with one attached hydrogen (secondary N) is 1. The highest BCUT2D eigenvalue weighted by atomic mass is 32.2. The first-order valence-corrected chi connectivity index (χ1v) is 12.0. The fourth-order valence-corrected chi connectivity index (χ4v) is 5.83. The number of benzene rings is 1. The topological polar surface area (TPSA) is 95.8 Å². The monoisotopic (exact) mass is 448 g/mol. The van der Waals surface area contributed by atoms with Gasteiger partial charge in [0.15, 0.2) is 5.76 Å². The maximum Gasteiger partial charge on any atom is 0.248 e. The van der Waals surface area contributed by atoms with E-state index in [1.165, 1.54) is 4.31 Å². The van der Waals surface area contributed by atoms with E-state index in [9.17, 15) is 13.2 Å². The summed E-state index contributed by atoms with van der Waals surface area (Å²) in [4.78, 5) is 14.9. The van der Waals surface area contributed by atoms with Gasteiger partial charge in [-0.3, -0.25) is 4.79 Å². The van der Waals surface area contributed by atoms with E-state index < -0.39 is 10.0 Å². The summed E-state index contributed by atoms with van der Waals surface area (Å²) in [6.45, 7) is 6.43. The zero-order chi connectivity index (χ0) is 22.8. The van der Waals surface area contributed by atoms with E-state index >= 15 is 0 Å². The molecular weight excluding hydrogens is 416 g/mol. The highest BCUT2D eigenvalue weighted by Crippen LogP contribution is 2.30. The van der Waals surface area contributed by atoms with Crippen LogP contribution in [0.3, 0.4) is 0 Å². The van der Waals surface area contributed by atoms with Crippen molar-refractivity contribution in [3.8, 4) is 0 Å². The maximum atomic E-state index is 13.0. The number of sulfonamides is 1. The first-order valence-electron chi connectivity index (χ1n) is 10.6. The number of anilines is 1. The predicted molar refractivity (Wildman–Crippen MR) is 119 cm³/mol. The van der Waals surface area contributed by atoms with Crippen molar-refractivity contribution in [3.63, 3.8) is 0 Å². The molecule has 8 nitrogen and oxygen atoms in total. The van der Waals surface area contributed by atoms with Crippen molar-refractivity contribution in [1.82, 2.24) is 14.8 Å². The fourth-order valence-electron chi connectivity index (χ4n) is 4.06. The molecule has 1 amide bonds. The standard InChI is InChI=1S/C22H32N4O4S/c1-15(22(27)23-14-18-6-8-20(9-7-18)25(4)5)19-10-12-26(13-11-19)31(28,29)21-16(2)24-30-17(21)3/h6-9,15,19H,10-14H2,1-5H3,(H,23,27)/t15-/m1/s1. The highest BCUT2D eigenvalue weighted by molar-refractivity contribution is 7.89. The van der Waals surface area contributed by atoms with E-state index in [1.54, 1.807) is 13.8 Å². The summed E-state index contributed by atoms with van der Waals surface area (Å²) < 4.78 is 32.5. The number of hydrogen-bond donors (Lipinski definition) is 1. The molecule has 1 saturated heterocycles. The van der Waals surface area contributed by atoms with E-state index in [0.29, 0.717) is 43.9 Å². The predicted octanol–water partition coefficient (Wildman–Crippen LogP) is 2.71. The molecule has 1 aliphatic rings. The van der Waals surface area contributed by atoms with Crippen molar-refractivity contribution in [2.24, 2.45) is 11.8 Å². The molecule has 1 aromatic heterocycles. The number of nitrogens with zero attached hydrogens (tertiary/aromatic N) is 3. The van der Waals surface area contributed by atoms with Crippen molar-refractivity contribution in [3.05, 3.63) is 41.3 Å². The lowest BCUT2D eigenvalue weighted by Gasteiger charge is -2.33. The first-order chi connectivity index (χ1) is 14.6. The SMILES string of the molecule is Cc1noc(C)c1S(=O)(=O)N1CCC([C@@H](C)C(=O)NCc2ccc(N(C)C)cc2)CC1. The number of hydrogen-bond acceptors (Lipinski definition) is 6. The molecule has 0 saturated carbocycles. The van der Waals surface area contributed by atoms with Crippen LogP contribution in [0.1, 0.15) is 36.8 Å². The lowest BCUT2D eigenvalue weighted by atomic mass is 9.85. The van der Waals surface area contributed by atoms with Crippen molar-refractivity contribution < 1.29 is 17.7 Å². The zero-order valence-corrected chi connectivity index (χ0v) is 19.7. The Hall–Kier alpha value is -2.39. The molecule has 1 fully saturated rings. The van der Waals surface area contributed by atoms with E-state index in [-0.39, 0.29) is 22.6 Å². The van der Waals surface area contributed by atoms with Gasteiger partial charge in [-0.15, -0.1) is 0 Å². The summed E-state index contributed by atoms with van der Waals surface area (Å²) in [7, 11) is 0.347. The van der Waals surface area contributed by atoms with Gasteiger partial charge in [0.05, 0.1) is 0 Å². The number of carbonyl (C=O) groups is 1. The molecule has 9 heteroatoms. The Morgan fingerprint density at radius 2 is 1.84 bits per heavy atom. The molecule has 2 heterocycles. The molecule has 1 aliphatic heterocycles. The Labute approximate surface area is 184 Å². The van der Waals surface area contributed by atoms with Crippen LogP contribution in [0.2, 0.25) is 0 Å². The number of rotatable bonds is 7. The Kier molecular flexibility index (Phi) is 7.06. The number of carbonyl (C=O) groups excluding carboxylic acids is 1. The molecule has 0 bridgehead atoms. The molecule has 1 aromatic carbocycles. The second-order valence-electron chi connectivity index (χ2n) is 8.46. The second-order valence-corrected chi connectivity index (χ2v) is 10.3. The van der Waals surface area contributed by atoms with Crippen molar-refractivity contribution >= 4 is 21.6 Å². The molecule has 3 rings (SSSR count). The Bertz CT molecular complexity index is 987. The van der Waals surface area contributed by atoms with Gasteiger partial charge in [0.1, 0.15) is 10.6 Å². The molecular formula is C22H32N4O4S. The lowest BCUT2D eigenvalue weighted by molar-refractivity contribution is -0.126. The lowest BCUT2D eigenvalue weighted by Crippen LogP contribution is -2.42. The van der Waals surface area contributed by atoms with Gasteiger partial charge < -0.3 is 14.7 Å². The summed E-state index contributed by atoms with van der Waals surface area (Å²) >= 11 is 0. The van der Waals surface area contributed by atoms with Crippen molar-refractivity contribution in [1.29, 1.82) is 0 Å².